The van der Waals surface area contributed by atoms with Crippen LogP contribution < -0.4 is 15.8 Å². The highest BCUT2D eigenvalue weighted by Gasteiger charge is 2.19. The molecule has 1 aromatic carbocycles. The van der Waals surface area contributed by atoms with Gasteiger partial charge in [0.25, 0.3) is 5.91 Å². The highest BCUT2D eigenvalue weighted by Crippen LogP contribution is 2.28. The van der Waals surface area contributed by atoms with Crippen LogP contribution in [0.2, 0.25) is 0 Å². The molecule has 4 nitrogen and oxygen atoms in total. The van der Waals surface area contributed by atoms with E-state index in [0.29, 0.717) is 11.8 Å². The quantitative estimate of drug-likeness (QED) is 0.839. The molecule has 4 heteroatoms. The molecule has 1 amide bonds. The highest BCUT2D eigenvalue weighted by atomic mass is 16.5. The number of carbonyl (C=O) groups is 1. The number of amides is 1. The van der Waals surface area contributed by atoms with Crippen LogP contribution in [0.5, 0.6) is 5.75 Å². The summed E-state index contributed by atoms with van der Waals surface area (Å²) in [6.07, 6.45) is 6.46. The number of anilines is 1. The lowest BCUT2D eigenvalue weighted by Gasteiger charge is -2.29. The Morgan fingerprint density at radius 1 is 1.25 bits per heavy atom. The van der Waals surface area contributed by atoms with Crippen LogP contribution in [-0.2, 0) is 4.79 Å². The van der Waals surface area contributed by atoms with Gasteiger partial charge in [-0.3, -0.25) is 4.79 Å². The first-order valence-corrected chi connectivity index (χ1v) is 7.45. The molecule has 20 heavy (non-hydrogen) atoms. The number of hydrogen-bond acceptors (Lipinski definition) is 3. The van der Waals surface area contributed by atoms with Crippen LogP contribution in [0.4, 0.5) is 5.69 Å². The predicted molar refractivity (Wildman–Crippen MR) is 80.8 cm³/mol. The van der Waals surface area contributed by atoms with Crippen LogP contribution >= 0.6 is 0 Å². The summed E-state index contributed by atoms with van der Waals surface area (Å²) in [4.78, 5) is 10.6. The Kier molecular flexibility index (Phi) is 5.27. The third-order valence-corrected chi connectivity index (χ3v) is 4.03. The Bertz CT molecular complexity index is 423. The zero-order valence-corrected chi connectivity index (χ0v) is 12.1. The van der Waals surface area contributed by atoms with Gasteiger partial charge in [-0.1, -0.05) is 13.3 Å². The molecule has 0 spiro atoms. The molecule has 0 saturated heterocycles. The van der Waals surface area contributed by atoms with Crippen LogP contribution in [0, 0.1) is 5.92 Å². The van der Waals surface area contributed by atoms with Crippen molar-refractivity contribution in [3.8, 4) is 5.75 Å². The van der Waals surface area contributed by atoms with Crippen molar-refractivity contribution in [3.63, 3.8) is 0 Å². The van der Waals surface area contributed by atoms with Gasteiger partial charge in [-0.05, 0) is 55.9 Å². The maximum absolute atomic E-state index is 10.6. The topological polar surface area (TPSA) is 64.3 Å². The maximum Gasteiger partial charge on any atom is 0.255 e. The average molecular weight is 276 g/mol. The molecule has 110 valence electrons. The standard InChI is InChI=1S/C16H24N2O2/c1-2-12-3-5-13(6-4-12)18-14-7-9-15(10-8-14)20-11-16(17)19/h7-10,12-13,18H,2-6,11H2,1H3,(H2,17,19). The van der Waals surface area contributed by atoms with Crippen molar-refractivity contribution in [2.45, 2.75) is 45.1 Å². The van der Waals surface area contributed by atoms with E-state index in [1.165, 1.54) is 32.1 Å². The number of carbonyl (C=O) groups excluding carboxylic acids is 1. The fraction of sp³-hybridized carbons (Fsp3) is 0.562. The average Bonchev–Trinajstić information content (AvgIpc) is 2.47. The monoisotopic (exact) mass is 276 g/mol. The summed E-state index contributed by atoms with van der Waals surface area (Å²) in [5, 5.41) is 3.57. The summed E-state index contributed by atoms with van der Waals surface area (Å²) in [5.74, 6) is 1.13. The van der Waals surface area contributed by atoms with Gasteiger partial charge in [0.05, 0.1) is 0 Å². The van der Waals surface area contributed by atoms with Gasteiger partial charge >= 0.3 is 0 Å². The van der Waals surface area contributed by atoms with E-state index in [1.807, 2.05) is 24.3 Å². The minimum Gasteiger partial charge on any atom is -0.484 e. The number of ether oxygens (including phenoxy) is 1. The fourth-order valence-corrected chi connectivity index (χ4v) is 2.75. The van der Waals surface area contributed by atoms with Gasteiger partial charge in [-0.2, -0.15) is 0 Å². The van der Waals surface area contributed by atoms with E-state index in [-0.39, 0.29) is 6.61 Å². The Morgan fingerprint density at radius 2 is 1.90 bits per heavy atom. The van der Waals surface area contributed by atoms with E-state index in [0.717, 1.165) is 11.6 Å². The number of benzene rings is 1. The van der Waals surface area contributed by atoms with Crippen molar-refractivity contribution < 1.29 is 9.53 Å². The number of rotatable bonds is 6. The van der Waals surface area contributed by atoms with Crippen LogP contribution in [-0.4, -0.2) is 18.6 Å². The first kappa shape index (κ1) is 14.7. The zero-order chi connectivity index (χ0) is 14.4. The fourth-order valence-electron chi connectivity index (χ4n) is 2.75. The molecular weight excluding hydrogens is 252 g/mol. The molecule has 0 heterocycles. The van der Waals surface area contributed by atoms with Gasteiger partial charge in [-0.15, -0.1) is 0 Å². The van der Waals surface area contributed by atoms with Gasteiger partial charge in [0, 0.05) is 11.7 Å². The first-order valence-electron chi connectivity index (χ1n) is 7.45. The Hall–Kier alpha value is -1.71. The van der Waals surface area contributed by atoms with Crippen molar-refractivity contribution in [2.24, 2.45) is 11.7 Å². The van der Waals surface area contributed by atoms with Crippen LogP contribution in [0.1, 0.15) is 39.0 Å². The Morgan fingerprint density at radius 3 is 2.45 bits per heavy atom. The number of hydrogen-bond donors (Lipinski definition) is 2. The second kappa shape index (κ2) is 7.17. The van der Waals surface area contributed by atoms with E-state index < -0.39 is 5.91 Å². The third-order valence-electron chi connectivity index (χ3n) is 4.03. The third kappa shape index (κ3) is 4.44. The van der Waals surface area contributed by atoms with Gasteiger partial charge in [0.1, 0.15) is 5.75 Å². The Balaban J connectivity index is 1.80. The highest BCUT2D eigenvalue weighted by molar-refractivity contribution is 5.75. The van der Waals surface area contributed by atoms with E-state index in [9.17, 15) is 4.79 Å². The van der Waals surface area contributed by atoms with Crippen LogP contribution in [0.25, 0.3) is 0 Å². The second-order valence-electron chi connectivity index (χ2n) is 5.55. The van der Waals surface area contributed by atoms with Gasteiger partial charge in [-0.25, -0.2) is 0 Å². The minimum atomic E-state index is -0.458. The SMILES string of the molecule is CCC1CCC(Nc2ccc(OCC(N)=O)cc2)CC1. The normalized spacial score (nSPS) is 22.2. The summed E-state index contributed by atoms with van der Waals surface area (Å²) in [6, 6.07) is 8.28. The lowest BCUT2D eigenvalue weighted by atomic mass is 9.84. The Labute approximate surface area is 120 Å². The summed E-state index contributed by atoms with van der Waals surface area (Å²) < 4.78 is 5.24. The van der Waals surface area contributed by atoms with Crippen molar-refractivity contribution in [1.29, 1.82) is 0 Å². The van der Waals surface area contributed by atoms with E-state index in [1.54, 1.807) is 0 Å². The van der Waals surface area contributed by atoms with Crippen molar-refractivity contribution in [2.75, 3.05) is 11.9 Å². The van der Waals surface area contributed by atoms with E-state index in [2.05, 4.69) is 12.2 Å². The summed E-state index contributed by atoms with van der Waals surface area (Å²) >= 11 is 0. The summed E-state index contributed by atoms with van der Waals surface area (Å²) in [7, 11) is 0. The molecule has 0 aromatic heterocycles. The second-order valence-corrected chi connectivity index (χ2v) is 5.55. The molecule has 1 aliphatic rings. The minimum absolute atomic E-state index is 0.0756. The first-order chi connectivity index (χ1) is 9.67. The molecule has 0 atom stereocenters. The molecule has 2 rings (SSSR count). The van der Waals surface area contributed by atoms with Gasteiger partial charge in [0.2, 0.25) is 0 Å². The molecule has 1 aliphatic carbocycles. The number of primary amides is 1. The lowest BCUT2D eigenvalue weighted by Crippen LogP contribution is -2.25. The van der Waals surface area contributed by atoms with Crippen molar-refractivity contribution in [1.82, 2.24) is 0 Å². The molecule has 1 fully saturated rings. The molecule has 1 saturated carbocycles. The zero-order valence-electron chi connectivity index (χ0n) is 12.1. The van der Waals surface area contributed by atoms with E-state index >= 15 is 0 Å². The lowest BCUT2D eigenvalue weighted by molar-refractivity contribution is -0.119. The van der Waals surface area contributed by atoms with Crippen molar-refractivity contribution in [3.05, 3.63) is 24.3 Å². The number of nitrogens with one attached hydrogen (secondary N) is 1. The van der Waals surface area contributed by atoms with Gasteiger partial charge in [0.15, 0.2) is 6.61 Å². The molecule has 0 unspecified atom stereocenters. The smallest absolute Gasteiger partial charge is 0.255 e. The van der Waals surface area contributed by atoms with Gasteiger partial charge < -0.3 is 15.8 Å². The number of nitrogens with two attached hydrogens (primary N) is 1. The summed E-state index contributed by atoms with van der Waals surface area (Å²) in [6.45, 7) is 2.21. The molecule has 0 aliphatic heterocycles. The van der Waals surface area contributed by atoms with Crippen molar-refractivity contribution >= 4 is 11.6 Å². The van der Waals surface area contributed by atoms with E-state index in [4.69, 9.17) is 10.5 Å². The maximum atomic E-state index is 10.6. The molecular formula is C16H24N2O2. The molecule has 1 aromatic rings. The van der Waals surface area contributed by atoms with Crippen LogP contribution in [0.15, 0.2) is 24.3 Å². The molecule has 0 radical (unpaired) electrons. The summed E-state index contributed by atoms with van der Waals surface area (Å²) in [5.41, 5.74) is 6.15. The predicted octanol–water partition coefficient (Wildman–Crippen LogP) is 2.93. The molecule has 3 N–H and O–H groups in total. The van der Waals surface area contributed by atoms with Crippen LogP contribution in [0.3, 0.4) is 0 Å². The largest absolute Gasteiger partial charge is 0.484 e. The molecule has 0 bridgehead atoms.